The Morgan fingerprint density at radius 3 is 2.48 bits per heavy atom. The van der Waals surface area contributed by atoms with E-state index in [0.29, 0.717) is 17.9 Å². The zero-order valence-corrected chi connectivity index (χ0v) is 15.8. The van der Waals surface area contributed by atoms with E-state index in [-0.39, 0.29) is 17.1 Å². The summed E-state index contributed by atoms with van der Waals surface area (Å²) in [4.78, 5) is 12.0. The summed E-state index contributed by atoms with van der Waals surface area (Å²) in [5.41, 5.74) is 1.73. The van der Waals surface area contributed by atoms with E-state index in [1.807, 2.05) is 62.4 Å². The van der Waals surface area contributed by atoms with E-state index in [0.717, 1.165) is 17.0 Å². The number of aryl methyl sites for hydroxylation is 1. The molecule has 0 bridgehead atoms. The zero-order chi connectivity index (χ0) is 18.2. The van der Waals surface area contributed by atoms with Crippen LogP contribution in [0.25, 0.3) is 0 Å². The molecule has 0 spiro atoms. The Morgan fingerprint density at radius 2 is 1.84 bits per heavy atom. The standard InChI is InChI=1S/C19H21ClN2O2S/c1-13(2)24-16-10-8-15(9-11-16)21-19(25)22-18(23)12-7-14-5-3-4-6-17(14)20/h3-6,8-11,13H,7,12H2,1-2H3,(H2,21,22,23,25). The number of carbonyl (C=O) groups excluding carboxylic acids is 1. The molecule has 0 aliphatic carbocycles. The van der Waals surface area contributed by atoms with Gasteiger partial charge in [0.2, 0.25) is 5.91 Å². The summed E-state index contributed by atoms with van der Waals surface area (Å²) in [5.74, 6) is 0.632. The molecule has 1 amide bonds. The third-order valence-corrected chi connectivity index (χ3v) is 3.89. The van der Waals surface area contributed by atoms with Gasteiger partial charge in [0.05, 0.1) is 6.10 Å². The monoisotopic (exact) mass is 376 g/mol. The van der Waals surface area contributed by atoms with E-state index in [1.54, 1.807) is 0 Å². The summed E-state index contributed by atoms with van der Waals surface area (Å²) < 4.78 is 5.58. The number of hydrogen-bond donors (Lipinski definition) is 2. The Labute approximate surface area is 158 Å². The largest absolute Gasteiger partial charge is 0.491 e. The fraction of sp³-hybridized carbons (Fsp3) is 0.263. The first kappa shape index (κ1) is 19.2. The van der Waals surface area contributed by atoms with Crippen molar-refractivity contribution in [3.05, 3.63) is 59.1 Å². The first-order valence-corrected chi connectivity index (χ1v) is 8.83. The Morgan fingerprint density at radius 1 is 1.16 bits per heavy atom. The van der Waals surface area contributed by atoms with Crippen LogP contribution < -0.4 is 15.4 Å². The maximum Gasteiger partial charge on any atom is 0.226 e. The third kappa shape index (κ3) is 6.72. The van der Waals surface area contributed by atoms with E-state index in [1.165, 1.54) is 0 Å². The number of carbonyl (C=O) groups is 1. The molecule has 0 fully saturated rings. The first-order chi connectivity index (χ1) is 11.9. The molecular formula is C19H21ClN2O2S. The van der Waals surface area contributed by atoms with Gasteiger partial charge in [0, 0.05) is 17.1 Å². The molecule has 0 saturated heterocycles. The van der Waals surface area contributed by atoms with Crippen LogP contribution in [0, 0.1) is 0 Å². The molecule has 0 aliphatic rings. The SMILES string of the molecule is CC(C)Oc1ccc(NC(=S)NC(=O)CCc2ccccc2Cl)cc1. The minimum absolute atomic E-state index is 0.122. The van der Waals surface area contributed by atoms with Gasteiger partial charge >= 0.3 is 0 Å². The summed E-state index contributed by atoms with van der Waals surface area (Å²) in [6, 6.07) is 14.9. The fourth-order valence-electron chi connectivity index (χ4n) is 2.19. The smallest absolute Gasteiger partial charge is 0.226 e. The molecule has 0 aliphatic heterocycles. The van der Waals surface area contributed by atoms with Gasteiger partial charge in [0.1, 0.15) is 5.75 Å². The molecule has 25 heavy (non-hydrogen) atoms. The van der Waals surface area contributed by atoms with Crippen molar-refractivity contribution in [2.45, 2.75) is 32.8 Å². The van der Waals surface area contributed by atoms with Gasteiger partial charge in [0.25, 0.3) is 0 Å². The van der Waals surface area contributed by atoms with Gasteiger partial charge in [-0.3, -0.25) is 4.79 Å². The summed E-state index contributed by atoms with van der Waals surface area (Å²) in [6.07, 6.45) is 1.000. The average Bonchev–Trinajstić information content (AvgIpc) is 2.55. The van der Waals surface area contributed by atoms with Gasteiger partial charge in [-0.25, -0.2) is 0 Å². The van der Waals surface area contributed by atoms with E-state index in [2.05, 4.69) is 10.6 Å². The van der Waals surface area contributed by atoms with Crippen LogP contribution in [-0.2, 0) is 11.2 Å². The van der Waals surface area contributed by atoms with Gasteiger partial charge < -0.3 is 15.4 Å². The minimum Gasteiger partial charge on any atom is -0.491 e. The van der Waals surface area contributed by atoms with Crippen LogP contribution in [-0.4, -0.2) is 17.1 Å². The second-order valence-electron chi connectivity index (χ2n) is 5.78. The molecule has 6 heteroatoms. The quantitative estimate of drug-likeness (QED) is 0.725. The van der Waals surface area contributed by atoms with Gasteiger partial charge in [0.15, 0.2) is 5.11 Å². The second kappa shape index (κ2) is 9.39. The van der Waals surface area contributed by atoms with Crippen molar-refractivity contribution in [3.63, 3.8) is 0 Å². The number of rotatable bonds is 6. The number of halogens is 1. The van der Waals surface area contributed by atoms with Crippen LogP contribution in [0.5, 0.6) is 5.75 Å². The van der Waals surface area contributed by atoms with E-state index in [4.69, 9.17) is 28.6 Å². The highest BCUT2D eigenvalue weighted by molar-refractivity contribution is 7.80. The molecule has 132 valence electrons. The van der Waals surface area contributed by atoms with Crippen LogP contribution in [0.15, 0.2) is 48.5 Å². The highest BCUT2D eigenvalue weighted by atomic mass is 35.5. The summed E-state index contributed by atoms with van der Waals surface area (Å²) >= 11 is 11.3. The molecule has 0 aromatic heterocycles. The Bertz CT molecular complexity index is 732. The lowest BCUT2D eigenvalue weighted by molar-refractivity contribution is -0.119. The van der Waals surface area contributed by atoms with Crippen LogP contribution in [0.1, 0.15) is 25.8 Å². The van der Waals surface area contributed by atoms with E-state index < -0.39 is 0 Å². The molecule has 0 heterocycles. The van der Waals surface area contributed by atoms with Gasteiger partial charge in [-0.15, -0.1) is 0 Å². The summed E-state index contributed by atoms with van der Waals surface area (Å²) in [7, 11) is 0. The van der Waals surface area contributed by atoms with Crippen LogP contribution >= 0.6 is 23.8 Å². The van der Waals surface area contributed by atoms with E-state index in [9.17, 15) is 4.79 Å². The lowest BCUT2D eigenvalue weighted by Gasteiger charge is -2.12. The highest BCUT2D eigenvalue weighted by Gasteiger charge is 2.07. The van der Waals surface area contributed by atoms with E-state index >= 15 is 0 Å². The lowest BCUT2D eigenvalue weighted by Crippen LogP contribution is -2.34. The average molecular weight is 377 g/mol. The molecule has 2 aromatic carbocycles. The molecule has 0 unspecified atom stereocenters. The highest BCUT2D eigenvalue weighted by Crippen LogP contribution is 2.17. The summed E-state index contributed by atoms with van der Waals surface area (Å²) in [6.45, 7) is 3.94. The number of nitrogens with one attached hydrogen (secondary N) is 2. The number of anilines is 1. The second-order valence-corrected chi connectivity index (χ2v) is 6.60. The normalized spacial score (nSPS) is 10.4. The number of hydrogen-bond acceptors (Lipinski definition) is 3. The molecular weight excluding hydrogens is 356 g/mol. The third-order valence-electron chi connectivity index (χ3n) is 3.32. The van der Waals surface area contributed by atoms with Crippen LogP contribution in [0.3, 0.4) is 0 Å². The number of amides is 1. The molecule has 0 radical (unpaired) electrons. The molecule has 2 N–H and O–H groups in total. The molecule has 2 aromatic rings. The van der Waals surface area contributed by atoms with Crippen molar-refractivity contribution in [1.82, 2.24) is 5.32 Å². The van der Waals surface area contributed by atoms with Gasteiger partial charge in [-0.2, -0.15) is 0 Å². The first-order valence-electron chi connectivity index (χ1n) is 8.05. The Balaban J connectivity index is 1.79. The predicted octanol–water partition coefficient (Wildman–Crippen LogP) is 4.57. The fourth-order valence-corrected chi connectivity index (χ4v) is 2.65. The number of benzene rings is 2. The summed E-state index contributed by atoms with van der Waals surface area (Å²) in [5, 5.41) is 6.58. The molecule has 0 atom stereocenters. The topological polar surface area (TPSA) is 50.4 Å². The van der Waals surface area contributed by atoms with Crippen molar-refractivity contribution in [2.75, 3.05) is 5.32 Å². The van der Waals surface area contributed by atoms with Crippen molar-refractivity contribution < 1.29 is 9.53 Å². The molecule has 0 saturated carbocycles. The Hall–Kier alpha value is -2.11. The number of ether oxygens (including phenoxy) is 1. The van der Waals surface area contributed by atoms with Crippen LogP contribution in [0.2, 0.25) is 5.02 Å². The zero-order valence-electron chi connectivity index (χ0n) is 14.2. The molecule has 4 nitrogen and oxygen atoms in total. The van der Waals surface area contributed by atoms with Crippen molar-refractivity contribution in [3.8, 4) is 5.75 Å². The van der Waals surface area contributed by atoms with Crippen molar-refractivity contribution in [1.29, 1.82) is 0 Å². The van der Waals surface area contributed by atoms with Gasteiger partial charge in [-0.1, -0.05) is 29.8 Å². The molecule has 2 rings (SSSR count). The van der Waals surface area contributed by atoms with Crippen LogP contribution in [0.4, 0.5) is 5.69 Å². The minimum atomic E-state index is -0.155. The lowest BCUT2D eigenvalue weighted by atomic mass is 10.1. The van der Waals surface area contributed by atoms with Gasteiger partial charge in [-0.05, 0) is 68.4 Å². The predicted molar refractivity (Wildman–Crippen MR) is 106 cm³/mol. The maximum absolute atomic E-state index is 12.0. The maximum atomic E-state index is 12.0. The van der Waals surface area contributed by atoms with Crippen molar-refractivity contribution >= 4 is 40.5 Å². The Kier molecular flexibility index (Phi) is 7.22. The van der Waals surface area contributed by atoms with Crippen molar-refractivity contribution in [2.24, 2.45) is 0 Å². The number of thiocarbonyl (C=S) groups is 1.